The average Bonchev–Trinajstić information content (AvgIpc) is 2.95. The topological polar surface area (TPSA) is 30.7 Å². The third-order valence-electron chi connectivity index (χ3n) is 2.32. The number of aromatic nitrogens is 3. The lowest BCUT2D eigenvalue weighted by Crippen LogP contribution is -1.98. The number of hydrogen-bond acceptors (Lipinski definition) is 3. The predicted octanol–water partition coefficient (Wildman–Crippen LogP) is 3.10. The zero-order valence-electron chi connectivity index (χ0n) is 8.97. The monoisotopic (exact) mass is 255 g/mol. The number of rotatable bonds is 6. The van der Waals surface area contributed by atoms with E-state index in [0.717, 1.165) is 31.5 Å². The fourth-order valence-electron chi connectivity index (χ4n) is 1.51. The van der Waals surface area contributed by atoms with E-state index < -0.39 is 0 Å². The maximum Gasteiger partial charge on any atom is 0.0928 e. The summed E-state index contributed by atoms with van der Waals surface area (Å²) in [6.45, 7) is 0.987. The van der Waals surface area contributed by atoms with Gasteiger partial charge in [-0.2, -0.15) is 5.10 Å². The molecule has 0 spiro atoms. The standard InChI is InChI=1S/C11H14ClN3S/c12-8-10-9-16-11(14-10)4-1-2-6-15-7-3-5-13-15/h3,5,7,9H,1-2,4,6,8H2. The van der Waals surface area contributed by atoms with Crippen molar-refractivity contribution in [3.63, 3.8) is 0 Å². The van der Waals surface area contributed by atoms with Crippen LogP contribution in [0.1, 0.15) is 23.5 Å². The van der Waals surface area contributed by atoms with Crippen LogP contribution in [0.15, 0.2) is 23.8 Å². The maximum absolute atomic E-state index is 5.70. The molecule has 0 unspecified atom stereocenters. The first-order chi connectivity index (χ1) is 7.88. The van der Waals surface area contributed by atoms with Gasteiger partial charge in [-0.25, -0.2) is 4.98 Å². The molecule has 86 valence electrons. The highest BCUT2D eigenvalue weighted by Crippen LogP contribution is 2.14. The largest absolute Gasteiger partial charge is 0.273 e. The number of thiazole rings is 1. The first kappa shape index (κ1) is 11.6. The van der Waals surface area contributed by atoms with Gasteiger partial charge < -0.3 is 0 Å². The molecule has 0 atom stereocenters. The molecule has 0 amide bonds. The molecule has 0 bridgehead atoms. The lowest BCUT2D eigenvalue weighted by molar-refractivity contribution is 0.557. The Morgan fingerprint density at radius 1 is 1.38 bits per heavy atom. The Balaban J connectivity index is 1.68. The second kappa shape index (κ2) is 6.01. The molecule has 16 heavy (non-hydrogen) atoms. The molecule has 0 aliphatic carbocycles. The van der Waals surface area contributed by atoms with Gasteiger partial charge in [0.25, 0.3) is 0 Å². The number of halogens is 1. The van der Waals surface area contributed by atoms with Crippen molar-refractivity contribution in [3.05, 3.63) is 34.5 Å². The molecule has 0 aliphatic rings. The minimum absolute atomic E-state index is 0.518. The first-order valence-electron chi connectivity index (χ1n) is 5.35. The van der Waals surface area contributed by atoms with Crippen LogP contribution in [0.5, 0.6) is 0 Å². The average molecular weight is 256 g/mol. The molecular weight excluding hydrogens is 242 g/mol. The van der Waals surface area contributed by atoms with Crippen LogP contribution in [0.4, 0.5) is 0 Å². The van der Waals surface area contributed by atoms with Crippen LogP contribution < -0.4 is 0 Å². The summed E-state index contributed by atoms with van der Waals surface area (Å²) < 4.78 is 1.96. The van der Waals surface area contributed by atoms with E-state index in [-0.39, 0.29) is 0 Å². The molecule has 2 rings (SSSR count). The molecule has 0 saturated heterocycles. The van der Waals surface area contributed by atoms with Gasteiger partial charge in [0, 0.05) is 24.3 Å². The van der Waals surface area contributed by atoms with Crippen molar-refractivity contribution in [2.45, 2.75) is 31.7 Å². The van der Waals surface area contributed by atoms with E-state index in [4.69, 9.17) is 11.6 Å². The second-order valence-corrected chi connectivity index (χ2v) is 4.80. The minimum atomic E-state index is 0.518. The van der Waals surface area contributed by atoms with Crippen LogP contribution in [-0.2, 0) is 18.8 Å². The van der Waals surface area contributed by atoms with Gasteiger partial charge in [0.15, 0.2) is 0 Å². The van der Waals surface area contributed by atoms with Crippen LogP contribution in [0.3, 0.4) is 0 Å². The molecule has 3 nitrogen and oxygen atoms in total. The number of unbranched alkanes of at least 4 members (excludes halogenated alkanes) is 1. The van der Waals surface area contributed by atoms with Gasteiger partial charge in [-0.3, -0.25) is 4.68 Å². The Labute approximate surface area is 104 Å². The van der Waals surface area contributed by atoms with E-state index in [1.807, 2.05) is 28.5 Å². The van der Waals surface area contributed by atoms with E-state index in [0.29, 0.717) is 5.88 Å². The van der Waals surface area contributed by atoms with Crippen LogP contribution >= 0.6 is 22.9 Å². The molecule has 2 aromatic rings. The second-order valence-electron chi connectivity index (χ2n) is 3.59. The Kier molecular flexibility index (Phi) is 4.36. The Bertz CT molecular complexity index is 411. The highest BCUT2D eigenvalue weighted by molar-refractivity contribution is 7.09. The van der Waals surface area contributed by atoms with Gasteiger partial charge in [0.1, 0.15) is 0 Å². The van der Waals surface area contributed by atoms with Crippen LogP contribution in [0.2, 0.25) is 0 Å². The van der Waals surface area contributed by atoms with Gasteiger partial charge in [0.2, 0.25) is 0 Å². The maximum atomic E-state index is 5.70. The molecule has 2 heterocycles. The predicted molar refractivity (Wildman–Crippen MR) is 66.8 cm³/mol. The lowest BCUT2D eigenvalue weighted by Gasteiger charge is -1.99. The van der Waals surface area contributed by atoms with Gasteiger partial charge in [-0.05, 0) is 25.3 Å². The fourth-order valence-corrected chi connectivity index (χ4v) is 2.58. The van der Waals surface area contributed by atoms with E-state index in [1.165, 1.54) is 5.01 Å². The van der Waals surface area contributed by atoms with Crippen molar-refractivity contribution < 1.29 is 0 Å². The Morgan fingerprint density at radius 2 is 2.31 bits per heavy atom. The van der Waals surface area contributed by atoms with Gasteiger partial charge in [-0.15, -0.1) is 22.9 Å². The highest BCUT2D eigenvalue weighted by Gasteiger charge is 2.00. The Morgan fingerprint density at radius 3 is 3.00 bits per heavy atom. The summed E-state index contributed by atoms with van der Waals surface area (Å²) in [7, 11) is 0. The van der Waals surface area contributed by atoms with Crippen LogP contribution in [0, 0.1) is 0 Å². The van der Waals surface area contributed by atoms with Crippen molar-refractivity contribution in [2.75, 3.05) is 0 Å². The summed E-state index contributed by atoms with van der Waals surface area (Å²) >= 11 is 7.41. The van der Waals surface area contributed by atoms with Crippen molar-refractivity contribution in [1.29, 1.82) is 0 Å². The molecule has 0 radical (unpaired) electrons. The first-order valence-corrected chi connectivity index (χ1v) is 6.76. The highest BCUT2D eigenvalue weighted by atomic mass is 35.5. The van der Waals surface area contributed by atoms with Crippen LogP contribution in [0.25, 0.3) is 0 Å². The van der Waals surface area contributed by atoms with Crippen molar-refractivity contribution in [1.82, 2.24) is 14.8 Å². The molecule has 0 aromatic carbocycles. The fraction of sp³-hybridized carbons (Fsp3) is 0.455. The smallest absolute Gasteiger partial charge is 0.0928 e. The molecule has 2 aromatic heterocycles. The third kappa shape index (κ3) is 3.32. The Hall–Kier alpha value is -0.870. The van der Waals surface area contributed by atoms with Crippen molar-refractivity contribution >= 4 is 22.9 Å². The van der Waals surface area contributed by atoms with Crippen molar-refractivity contribution in [2.24, 2.45) is 0 Å². The molecule has 0 aliphatic heterocycles. The summed E-state index contributed by atoms with van der Waals surface area (Å²) in [5.74, 6) is 0.518. The molecule has 0 fully saturated rings. The zero-order valence-corrected chi connectivity index (χ0v) is 10.5. The third-order valence-corrected chi connectivity index (χ3v) is 3.55. The van der Waals surface area contributed by atoms with Gasteiger partial charge >= 0.3 is 0 Å². The quantitative estimate of drug-likeness (QED) is 0.587. The number of alkyl halides is 1. The summed E-state index contributed by atoms with van der Waals surface area (Å²) in [5, 5.41) is 7.39. The number of nitrogens with zero attached hydrogens (tertiary/aromatic N) is 3. The van der Waals surface area contributed by atoms with E-state index in [2.05, 4.69) is 10.1 Å². The molecule has 0 N–H and O–H groups in total. The summed E-state index contributed by atoms with van der Waals surface area (Å²) in [4.78, 5) is 4.43. The normalized spacial score (nSPS) is 10.8. The van der Waals surface area contributed by atoms with E-state index >= 15 is 0 Å². The van der Waals surface area contributed by atoms with E-state index in [9.17, 15) is 0 Å². The van der Waals surface area contributed by atoms with Gasteiger partial charge in [0.05, 0.1) is 16.6 Å². The summed E-state index contributed by atoms with van der Waals surface area (Å²) in [6.07, 6.45) is 7.14. The van der Waals surface area contributed by atoms with Gasteiger partial charge in [-0.1, -0.05) is 0 Å². The SMILES string of the molecule is ClCc1csc(CCCCn2cccn2)n1. The molecule has 0 saturated carbocycles. The molecular formula is C11H14ClN3S. The van der Waals surface area contributed by atoms with Crippen LogP contribution in [-0.4, -0.2) is 14.8 Å². The zero-order chi connectivity index (χ0) is 11.2. The summed E-state index contributed by atoms with van der Waals surface area (Å²) in [6, 6.07) is 1.95. The minimum Gasteiger partial charge on any atom is -0.273 e. The molecule has 5 heteroatoms. The number of aryl methyl sites for hydroxylation is 2. The summed E-state index contributed by atoms with van der Waals surface area (Å²) in [5.41, 5.74) is 0.994. The van der Waals surface area contributed by atoms with Crippen molar-refractivity contribution in [3.8, 4) is 0 Å². The number of hydrogen-bond donors (Lipinski definition) is 0. The van der Waals surface area contributed by atoms with E-state index in [1.54, 1.807) is 11.3 Å². The lowest BCUT2D eigenvalue weighted by atomic mass is 10.2.